The van der Waals surface area contributed by atoms with Gasteiger partial charge in [0.15, 0.2) is 0 Å². The number of aliphatic carboxylic acids is 1. The van der Waals surface area contributed by atoms with Gasteiger partial charge in [0.25, 0.3) is 0 Å². The Morgan fingerprint density at radius 1 is 1.42 bits per heavy atom. The molecule has 1 fully saturated rings. The molecule has 1 aliphatic rings. The Hall–Kier alpha value is -1.26. The van der Waals surface area contributed by atoms with E-state index in [4.69, 9.17) is 5.11 Å². The number of nitrogens with zero attached hydrogens (tertiary/aromatic N) is 2. The Morgan fingerprint density at radius 3 is 2.58 bits per heavy atom. The van der Waals surface area contributed by atoms with E-state index in [-0.39, 0.29) is 24.5 Å². The van der Waals surface area contributed by atoms with Gasteiger partial charge in [-0.1, -0.05) is 6.92 Å². The zero-order valence-electron chi connectivity index (χ0n) is 12.4. The van der Waals surface area contributed by atoms with Gasteiger partial charge in [-0.05, 0) is 39.5 Å². The molecule has 0 bridgehead atoms. The highest BCUT2D eigenvalue weighted by Gasteiger charge is 2.32. The number of carboxylic acid groups (broad SMARTS) is 1. The van der Waals surface area contributed by atoms with E-state index >= 15 is 0 Å². The lowest BCUT2D eigenvalue weighted by Gasteiger charge is -2.41. The number of rotatable bonds is 4. The first-order chi connectivity index (χ1) is 8.88. The maximum absolute atomic E-state index is 12.6. The number of hydrogen-bond donors (Lipinski definition) is 1. The van der Waals surface area contributed by atoms with Crippen molar-refractivity contribution in [2.45, 2.75) is 59.0 Å². The number of carbonyl (C=O) groups excluding carboxylic acids is 1. The van der Waals surface area contributed by atoms with Crippen LogP contribution in [0.1, 0.15) is 47.0 Å². The number of hydrogen-bond acceptors (Lipinski definition) is 2. The van der Waals surface area contributed by atoms with Gasteiger partial charge in [-0.15, -0.1) is 0 Å². The van der Waals surface area contributed by atoms with Gasteiger partial charge in [0.05, 0.1) is 6.42 Å². The molecule has 1 N–H and O–H groups in total. The molecule has 1 heterocycles. The number of urea groups is 1. The van der Waals surface area contributed by atoms with Crippen molar-refractivity contribution in [3.63, 3.8) is 0 Å². The fraction of sp³-hybridized carbons (Fsp3) is 0.857. The van der Waals surface area contributed by atoms with Crippen molar-refractivity contribution in [2.24, 2.45) is 5.92 Å². The average Bonchev–Trinajstić information content (AvgIpc) is 2.32. The molecule has 0 aromatic heterocycles. The SMILES string of the molecule is CCN(C(=O)N1CCCC(C)C1C)C(C)CC(=O)O. The largest absolute Gasteiger partial charge is 0.481 e. The molecule has 1 saturated heterocycles. The van der Waals surface area contributed by atoms with Crippen molar-refractivity contribution in [3.05, 3.63) is 0 Å². The zero-order chi connectivity index (χ0) is 14.6. The third-order valence-corrected chi connectivity index (χ3v) is 4.21. The van der Waals surface area contributed by atoms with Crippen LogP contribution in [0.2, 0.25) is 0 Å². The molecule has 0 aliphatic carbocycles. The summed E-state index contributed by atoms with van der Waals surface area (Å²) in [6.45, 7) is 9.27. The number of piperidine rings is 1. The number of carbonyl (C=O) groups is 2. The highest BCUT2D eigenvalue weighted by atomic mass is 16.4. The number of carboxylic acids is 1. The summed E-state index contributed by atoms with van der Waals surface area (Å²) >= 11 is 0. The van der Waals surface area contributed by atoms with Crippen LogP contribution in [0.4, 0.5) is 4.79 Å². The monoisotopic (exact) mass is 270 g/mol. The van der Waals surface area contributed by atoms with Crippen LogP contribution in [-0.4, -0.2) is 52.1 Å². The highest BCUT2D eigenvalue weighted by molar-refractivity contribution is 5.76. The highest BCUT2D eigenvalue weighted by Crippen LogP contribution is 2.24. The van der Waals surface area contributed by atoms with Gasteiger partial charge >= 0.3 is 12.0 Å². The quantitative estimate of drug-likeness (QED) is 0.853. The predicted molar refractivity (Wildman–Crippen MR) is 74.1 cm³/mol. The van der Waals surface area contributed by atoms with E-state index in [1.165, 1.54) is 0 Å². The van der Waals surface area contributed by atoms with Crippen LogP contribution in [0.25, 0.3) is 0 Å². The summed E-state index contributed by atoms with van der Waals surface area (Å²) in [6, 6.07) is -0.0536. The molecule has 5 nitrogen and oxygen atoms in total. The summed E-state index contributed by atoms with van der Waals surface area (Å²) in [5.41, 5.74) is 0. The second-order valence-corrected chi connectivity index (χ2v) is 5.57. The van der Waals surface area contributed by atoms with Gasteiger partial charge in [0, 0.05) is 25.2 Å². The van der Waals surface area contributed by atoms with Gasteiger partial charge in [-0.2, -0.15) is 0 Å². The summed E-state index contributed by atoms with van der Waals surface area (Å²) in [4.78, 5) is 26.9. The molecular formula is C14H26N2O3. The normalized spacial score (nSPS) is 24.9. The molecule has 1 aliphatic heterocycles. The Labute approximate surface area is 115 Å². The fourth-order valence-corrected chi connectivity index (χ4v) is 2.77. The predicted octanol–water partition coefficient (Wildman–Crippen LogP) is 2.41. The van der Waals surface area contributed by atoms with Crippen molar-refractivity contribution in [1.82, 2.24) is 9.80 Å². The van der Waals surface area contributed by atoms with Crippen molar-refractivity contribution < 1.29 is 14.7 Å². The van der Waals surface area contributed by atoms with E-state index in [1.807, 2.05) is 11.8 Å². The van der Waals surface area contributed by atoms with Crippen LogP contribution in [-0.2, 0) is 4.79 Å². The van der Waals surface area contributed by atoms with Gasteiger partial charge < -0.3 is 14.9 Å². The molecule has 0 radical (unpaired) electrons. The maximum atomic E-state index is 12.6. The topological polar surface area (TPSA) is 60.9 Å². The summed E-state index contributed by atoms with van der Waals surface area (Å²) in [5, 5.41) is 8.86. The lowest BCUT2D eigenvalue weighted by Crippen LogP contribution is -2.54. The first-order valence-corrected chi connectivity index (χ1v) is 7.17. The molecule has 0 saturated carbocycles. The minimum atomic E-state index is -0.862. The third-order valence-electron chi connectivity index (χ3n) is 4.21. The van der Waals surface area contributed by atoms with Crippen molar-refractivity contribution in [3.8, 4) is 0 Å². The summed E-state index contributed by atoms with van der Waals surface area (Å²) in [5.74, 6) is -0.356. The first kappa shape index (κ1) is 15.8. The molecule has 3 atom stereocenters. The summed E-state index contributed by atoms with van der Waals surface area (Å²) < 4.78 is 0. The van der Waals surface area contributed by atoms with Crippen LogP contribution in [0.5, 0.6) is 0 Å². The second kappa shape index (κ2) is 6.78. The molecular weight excluding hydrogens is 244 g/mol. The molecule has 19 heavy (non-hydrogen) atoms. The maximum Gasteiger partial charge on any atom is 0.320 e. The summed E-state index contributed by atoms with van der Waals surface area (Å²) in [6.07, 6.45) is 2.18. The van der Waals surface area contributed by atoms with Crippen LogP contribution in [0.3, 0.4) is 0 Å². The lowest BCUT2D eigenvalue weighted by molar-refractivity contribution is -0.138. The molecule has 0 aromatic carbocycles. The molecule has 5 heteroatoms. The van der Waals surface area contributed by atoms with Crippen LogP contribution in [0.15, 0.2) is 0 Å². The van der Waals surface area contributed by atoms with E-state index in [2.05, 4.69) is 13.8 Å². The summed E-state index contributed by atoms with van der Waals surface area (Å²) in [7, 11) is 0. The van der Waals surface area contributed by atoms with Gasteiger partial charge in [0.1, 0.15) is 0 Å². The van der Waals surface area contributed by atoms with Crippen molar-refractivity contribution >= 4 is 12.0 Å². The van der Waals surface area contributed by atoms with E-state index in [1.54, 1.807) is 11.8 Å². The fourth-order valence-electron chi connectivity index (χ4n) is 2.77. The molecule has 2 amide bonds. The second-order valence-electron chi connectivity index (χ2n) is 5.57. The van der Waals surface area contributed by atoms with E-state index < -0.39 is 5.97 Å². The van der Waals surface area contributed by atoms with E-state index in [0.717, 1.165) is 19.4 Å². The standard InChI is InChI=1S/C14H26N2O3/c1-5-15(11(3)9-13(17)18)14(19)16-8-6-7-10(2)12(16)4/h10-12H,5-9H2,1-4H3,(H,17,18). The first-order valence-electron chi connectivity index (χ1n) is 7.17. The Bertz CT molecular complexity index is 333. The van der Waals surface area contributed by atoms with Crippen LogP contribution in [0, 0.1) is 5.92 Å². The van der Waals surface area contributed by atoms with E-state index in [0.29, 0.717) is 12.5 Å². The molecule has 3 unspecified atom stereocenters. The molecule has 1 rings (SSSR count). The van der Waals surface area contributed by atoms with Crippen molar-refractivity contribution in [2.75, 3.05) is 13.1 Å². The van der Waals surface area contributed by atoms with Crippen LogP contribution >= 0.6 is 0 Å². The van der Waals surface area contributed by atoms with Crippen LogP contribution < -0.4 is 0 Å². The van der Waals surface area contributed by atoms with E-state index in [9.17, 15) is 9.59 Å². The van der Waals surface area contributed by atoms with Gasteiger partial charge in [-0.25, -0.2) is 4.79 Å². The van der Waals surface area contributed by atoms with Gasteiger partial charge in [0.2, 0.25) is 0 Å². The lowest BCUT2D eigenvalue weighted by atomic mass is 9.92. The Morgan fingerprint density at radius 2 is 2.05 bits per heavy atom. The minimum absolute atomic E-state index is 0.00262. The number of likely N-dealkylation sites (tertiary alicyclic amines) is 1. The minimum Gasteiger partial charge on any atom is -0.481 e. The Balaban J connectivity index is 2.74. The molecule has 0 aromatic rings. The molecule has 0 spiro atoms. The third kappa shape index (κ3) is 3.85. The van der Waals surface area contributed by atoms with Gasteiger partial charge in [-0.3, -0.25) is 4.79 Å². The zero-order valence-corrected chi connectivity index (χ0v) is 12.4. The average molecular weight is 270 g/mol. The smallest absolute Gasteiger partial charge is 0.320 e. The molecule has 110 valence electrons. The number of amides is 2. The Kier molecular flexibility index (Phi) is 5.63. The van der Waals surface area contributed by atoms with Crippen molar-refractivity contribution in [1.29, 1.82) is 0 Å².